The molecule has 0 heterocycles. The monoisotopic (exact) mass is 338 g/mol. The highest BCUT2D eigenvalue weighted by molar-refractivity contribution is 9.10. The van der Waals surface area contributed by atoms with Crippen LogP contribution in [-0.2, 0) is 0 Å². The second-order valence-electron chi connectivity index (χ2n) is 4.28. The van der Waals surface area contributed by atoms with Gasteiger partial charge in [-0.05, 0) is 35.0 Å². The van der Waals surface area contributed by atoms with Gasteiger partial charge in [0.25, 0.3) is 5.69 Å². The lowest BCUT2D eigenvalue weighted by molar-refractivity contribution is -0.385. The highest BCUT2D eigenvalue weighted by atomic mass is 79.9. The van der Waals surface area contributed by atoms with E-state index in [-0.39, 0.29) is 11.4 Å². The first-order valence-corrected chi connectivity index (χ1v) is 6.74. The first-order chi connectivity index (χ1) is 9.50. The predicted octanol–water partition coefficient (Wildman–Crippen LogP) is 4.67. The molecule has 20 heavy (non-hydrogen) atoms. The molecule has 0 spiro atoms. The Morgan fingerprint density at radius 2 is 1.95 bits per heavy atom. The molecule has 2 aromatic rings. The second-order valence-corrected chi connectivity index (χ2v) is 5.13. The molecule has 2 aromatic carbocycles. The van der Waals surface area contributed by atoms with Gasteiger partial charge in [-0.1, -0.05) is 24.3 Å². The quantitative estimate of drug-likeness (QED) is 0.651. The van der Waals surface area contributed by atoms with Crippen molar-refractivity contribution >= 4 is 27.3 Å². The fourth-order valence-corrected chi connectivity index (χ4v) is 2.41. The highest BCUT2D eigenvalue weighted by Crippen LogP contribution is 2.32. The smallest absolute Gasteiger partial charge is 0.274 e. The fourth-order valence-electron chi connectivity index (χ4n) is 1.95. The first-order valence-electron chi connectivity index (χ1n) is 5.94. The van der Waals surface area contributed by atoms with Crippen molar-refractivity contribution in [2.75, 3.05) is 5.32 Å². The van der Waals surface area contributed by atoms with E-state index in [1.807, 2.05) is 0 Å². The van der Waals surface area contributed by atoms with Crippen LogP contribution in [0.3, 0.4) is 0 Å². The molecule has 1 N–H and O–H groups in total. The third-order valence-corrected chi connectivity index (χ3v) is 3.58. The van der Waals surface area contributed by atoms with Gasteiger partial charge in [-0.2, -0.15) is 0 Å². The summed E-state index contributed by atoms with van der Waals surface area (Å²) in [6.07, 6.45) is 0. The molecule has 0 fully saturated rings. The van der Waals surface area contributed by atoms with Crippen LogP contribution in [0.15, 0.2) is 46.9 Å². The average Bonchev–Trinajstić information content (AvgIpc) is 2.43. The zero-order valence-corrected chi connectivity index (χ0v) is 12.2. The topological polar surface area (TPSA) is 55.2 Å². The minimum absolute atomic E-state index is 0.0139. The summed E-state index contributed by atoms with van der Waals surface area (Å²) in [6.45, 7) is 1.75. The molecule has 0 aromatic heterocycles. The molecular weight excluding hydrogens is 327 g/mol. The summed E-state index contributed by atoms with van der Waals surface area (Å²) in [5.74, 6) is -0.412. The van der Waals surface area contributed by atoms with Crippen molar-refractivity contribution in [2.24, 2.45) is 0 Å². The number of hydrogen-bond donors (Lipinski definition) is 1. The summed E-state index contributed by atoms with van der Waals surface area (Å²) in [4.78, 5) is 10.6. The Labute approximate surface area is 123 Å². The number of para-hydroxylation sites is 2. The van der Waals surface area contributed by atoms with Gasteiger partial charge in [-0.25, -0.2) is 4.39 Å². The van der Waals surface area contributed by atoms with Gasteiger partial charge in [0.1, 0.15) is 5.82 Å². The maximum atomic E-state index is 13.8. The van der Waals surface area contributed by atoms with Gasteiger partial charge in [0.05, 0.1) is 22.2 Å². The lowest BCUT2D eigenvalue weighted by Crippen LogP contribution is -2.10. The number of anilines is 1. The third kappa shape index (κ3) is 2.96. The fraction of sp³-hybridized carbons (Fsp3) is 0.143. The van der Waals surface area contributed by atoms with Crippen LogP contribution < -0.4 is 5.32 Å². The van der Waals surface area contributed by atoms with E-state index in [4.69, 9.17) is 0 Å². The van der Waals surface area contributed by atoms with E-state index in [2.05, 4.69) is 21.2 Å². The molecule has 2 rings (SSSR count). The molecule has 0 aliphatic heterocycles. The van der Waals surface area contributed by atoms with Crippen LogP contribution in [-0.4, -0.2) is 4.92 Å². The van der Waals surface area contributed by atoms with Crippen molar-refractivity contribution in [3.63, 3.8) is 0 Å². The minimum atomic E-state index is -0.441. The van der Waals surface area contributed by atoms with Crippen LogP contribution in [0.1, 0.15) is 18.5 Å². The van der Waals surface area contributed by atoms with Crippen molar-refractivity contribution < 1.29 is 9.31 Å². The van der Waals surface area contributed by atoms with Crippen LogP contribution in [0.2, 0.25) is 0 Å². The molecular formula is C14H12BrFN2O2. The van der Waals surface area contributed by atoms with E-state index in [9.17, 15) is 14.5 Å². The molecule has 0 bridgehead atoms. The predicted molar refractivity (Wildman–Crippen MR) is 79.2 cm³/mol. The summed E-state index contributed by atoms with van der Waals surface area (Å²) in [5.41, 5.74) is 0.811. The summed E-state index contributed by atoms with van der Waals surface area (Å²) >= 11 is 3.26. The summed E-state index contributed by atoms with van der Waals surface area (Å²) in [5, 5.41) is 14.0. The number of nitro benzene ring substituents is 1. The van der Waals surface area contributed by atoms with Gasteiger partial charge < -0.3 is 5.32 Å². The number of nitrogens with one attached hydrogen (secondary N) is 1. The third-order valence-electron chi connectivity index (χ3n) is 2.92. The van der Waals surface area contributed by atoms with Crippen LogP contribution in [0.5, 0.6) is 0 Å². The Balaban J connectivity index is 2.34. The van der Waals surface area contributed by atoms with Crippen molar-refractivity contribution in [3.8, 4) is 0 Å². The Morgan fingerprint density at radius 3 is 2.60 bits per heavy atom. The highest BCUT2D eigenvalue weighted by Gasteiger charge is 2.19. The SMILES string of the molecule is CC(Nc1c(F)cccc1Br)c1ccccc1[N+](=O)[O-]. The van der Waals surface area contributed by atoms with E-state index in [0.29, 0.717) is 10.0 Å². The zero-order valence-electron chi connectivity index (χ0n) is 10.6. The molecule has 0 amide bonds. The molecule has 104 valence electrons. The molecule has 1 atom stereocenters. The molecule has 0 aliphatic carbocycles. The van der Waals surface area contributed by atoms with Gasteiger partial charge in [0.15, 0.2) is 0 Å². The zero-order chi connectivity index (χ0) is 14.7. The molecule has 1 unspecified atom stereocenters. The van der Waals surface area contributed by atoms with Gasteiger partial charge in [0, 0.05) is 10.5 Å². The summed E-state index contributed by atoms with van der Waals surface area (Å²) in [7, 11) is 0. The van der Waals surface area contributed by atoms with Crippen molar-refractivity contribution in [1.29, 1.82) is 0 Å². The van der Waals surface area contributed by atoms with E-state index < -0.39 is 16.8 Å². The van der Waals surface area contributed by atoms with Crippen molar-refractivity contribution in [1.82, 2.24) is 0 Å². The van der Waals surface area contributed by atoms with E-state index in [0.717, 1.165) is 0 Å². The van der Waals surface area contributed by atoms with Crippen molar-refractivity contribution in [3.05, 3.63) is 68.4 Å². The Hall–Kier alpha value is -1.95. The van der Waals surface area contributed by atoms with E-state index in [1.54, 1.807) is 37.3 Å². The first kappa shape index (κ1) is 14.5. The van der Waals surface area contributed by atoms with Crippen molar-refractivity contribution in [2.45, 2.75) is 13.0 Å². The normalized spacial score (nSPS) is 11.9. The molecule has 0 saturated heterocycles. The molecule has 6 heteroatoms. The number of benzene rings is 2. The van der Waals surface area contributed by atoms with Crippen LogP contribution in [0.25, 0.3) is 0 Å². The standard InChI is InChI=1S/C14H12BrFN2O2/c1-9(10-5-2-3-8-13(10)18(19)20)17-14-11(15)6-4-7-12(14)16/h2-9,17H,1H3. The van der Waals surface area contributed by atoms with Crippen LogP contribution in [0.4, 0.5) is 15.8 Å². The maximum absolute atomic E-state index is 13.8. The Bertz CT molecular complexity index is 629. The lowest BCUT2D eigenvalue weighted by atomic mass is 10.1. The number of nitrogens with zero attached hydrogens (tertiary/aromatic N) is 1. The number of hydrogen-bond acceptors (Lipinski definition) is 3. The number of rotatable bonds is 4. The number of nitro groups is 1. The Kier molecular flexibility index (Phi) is 4.34. The van der Waals surface area contributed by atoms with E-state index >= 15 is 0 Å². The molecule has 0 radical (unpaired) electrons. The lowest BCUT2D eigenvalue weighted by Gasteiger charge is -2.17. The van der Waals surface area contributed by atoms with Crippen LogP contribution in [0, 0.1) is 15.9 Å². The largest absolute Gasteiger partial charge is 0.375 e. The summed E-state index contributed by atoms with van der Waals surface area (Å²) < 4.78 is 14.3. The van der Waals surface area contributed by atoms with Crippen LogP contribution >= 0.6 is 15.9 Å². The van der Waals surface area contributed by atoms with Gasteiger partial charge >= 0.3 is 0 Å². The second kappa shape index (κ2) is 6.00. The molecule has 0 aliphatic rings. The Morgan fingerprint density at radius 1 is 1.25 bits per heavy atom. The maximum Gasteiger partial charge on any atom is 0.274 e. The van der Waals surface area contributed by atoms with Gasteiger partial charge in [-0.15, -0.1) is 0 Å². The van der Waals surface area contributed by atoms with E-state index in [1.165, 1.54) is 12.1 Å². The minimum Gasteiger partial charge on any atom is -0.375 e. The van der Waals surface area contributed by atoms with Gasteiger partial charge in [-0.3, -0.25) is 10.1 Å². The summed E-state index contributed by atoms with van der Waals surface area (Å²) in [6, 6.07) is 10.6. The average molecular weight is 339 g/mol. The molecule has 0 saturated carbocycles. The number of halogens is 2. The molecule has 4 nitrogen and oxygen atoms in total. The van der Waals surface area contributed by atoms with Gasteiger partial charge in [0.2, 0.25) is 0 Å².